The fourth-order valence-electron chi connectivity index (χ4n) is 2.26. The van der Waals surface area contributed by atoms with E-state index < -0.39 is 0 Å². The van der Waals surface area contributed by atoms with Crippen LogP contribution in [0.5, 0.6) is 0 Å². The lowest BCUT2D eigenvalue weighted by Gasteiger charge is -2.01. The molecule has 0 N–H and O–H groups in total. The Morgan fingerprint density at radius 1 is 0.944 bits per heavy atom. The van der Waals surface area contributed by atoms with Crippen LogP contribution in [0.3, 0.4) is 0 Å². The first-order valence-corrected chi connectivity index (χ1v) is 7.27. The molecule has 1 aromatic rings. The quantitative estimate of drug-likeness (QED) is 0.404. The monoisotopic (exact) mass is 245 g/mol. The van der Waals surface area contributed by atoms with Crippen LogP contribution in [0, 0.1) is 5.39 Å². The summed E-state index contributed by atoms with van der Waals surface area (Å²) in [5.74, 6) is 0. The van der Waals surface area contributed by atoms with Crippen molar-refractivity contribution in [3.63, 3.8) is 0 Å². The molecule has 0 bridgehead atoms. The number of unbranched alkanes of at least 4 members (excludes halogenated alkanes) is 6. The van der Waals surface area contributed by atoms with E-state index >= 15 is 0 Å². The van der Waals surface area contributed by atoms with Crippen molar-refractivity contribution in [2.45, 2.75) is 64.3 Å². The molecular formula is C16H25N2+. The average molecular weight is 245 g/mol. The molecule has 0 radical (unpaired) electrons. The highest BCUT2D eigenvalue weighted by molar-refractivity contribution is 5.20. The van der Waals surface area contributed by atoms with Crippen molar-refractivity contribution in [2.75, 3.05) is 0 Å². The van der Waals surface area contributed by atoms with Crippen molar-refractivity contribution in [1.29, 1.82) is 5.39 Å². The predicted molar refractivity (Wildman–Crippen MR) is 76.9 cm³/mol. The van der Waals surface area contributed by atoms with Crippen LogP contribution in [0.15, 0.2) is 30.3 Å². The Labute approximate surface area is 111 Å². The lowest BCUT2D eigenvalue weighted by atomic mass is 10.0. The summed E-state index contributed by atoms with van der Waals surface area (Å²) in [5.41, 5.74) is 1.12. The second-order valence-corrected chi connectivity index (χ2v) is 4.95. The molecule has 1 unspecified atom stereocenters. The van der Waals surface area contributed by atoms with Gasteiger partial charge in [-0.25, -0.2) is 0 Å². The summed E-state index contributed by atoms with van der Waals surface area (Å²) in [6.45, 7) is 2.24. The maximum atomic E-state index is 9.08. The van der Waals surface area contributed by atoms with E-state index in [1.165, 1.54) is 38.5 Å². The van der Waals surface area contributed by atoms with Crippen molar-refractivity contribution in [2.24, 2.45) is 0 Å². The van der Waals surface area contributed by atoms with E-state index in [2.05, 4.69) is 11.9 Å². The smallest absolute Gasteiger partial charge is 0.0654 e. The molecule has 0 amide bonds. The first kappa shape index (κ1) is 14.7. The van der Waals surface area contributed by atoms with Crippen LogP contribution in [0.2, 0.25) is 0 Å². The van der Waals surface area contributed by atoms with Gasteiger partial charge >= 0.3 is 6.04 Å². The molecule has 0 heterocycles. The zero-order chi connectivity index (χ0) is 13.1. The first-order chi connectivity index (χ1) is 8.88. The summed E-state index contributed by atoms with van der Waals surface area (Å²) >= 11 is 0. The highest BCUT2D eigenvalue weighted by Gasteiger charge is 2.21. The van der Waals surface area contributed by atoms with Gasteiger partial charge in [0.05, 0.1) is 0 Å². The van der Waals surface area contributed by atoms with Crippen LogP contribution in [0.4, 0.5) is 0 Å². The molecule has 1 aromatic carbocycles. The summed E-state index contributed by atoms with van der Waals surface area (Å²) in [6, 6.07) is 10.0. The van der Waals surface area contributed by atoms with E-state index in [-0.39, 0.29) is 6.04 Å². The predicted octanol–water partition coefficient (Wildman–Crippen LogP) is 5.72. The van der Waals surface area contributed by atoms with Gasteiger partial charge in [0.25, 0.3) is 0 Å². The summed E-state index contributed by atoms with van der Waals surface area (Å²) in [4.78, 5) is 3.51. The third kappa shape index (κ3) is 5.82. The maximum Gasteiger partial charge on any atom is 0.339 e. The highest BCUT2D eigenvalue weighted by Crippen LogP contribution is 2.23. The molecule has 0 aliphatic rings. The number of benzene rings is 1. The zero-order valence-corrected chi connectivity index (χ0v) is 11.5. The molecule has 1 rings (SSSR count). The number of hydrogen-bond acceptors (Lipinski definition) is 1. The van der Waals surface area contributed by atoms with Crippen molar-refractivity contribution in [1.82, 2.24) is 0 Å². The standard InChI is InChI=1S/C16H25N2/c1-2-3-4-5-6-7-11-14-16(18-17)15-12-9-8-10-13-15/h8-10,12-13,16H,2-7,11,14H2,1H3/q+1. The van der Waals surface area contributed by atoms with Crippen LogP contribution >= 0.6 is 0 Å². The third-order valence-electron chi connectivity index (χ3n) is 3.40. The molecule has 1 atom stereocenters. The maximum absolute atomic E-state index is 9.08. The summed E-state index contributed by atoms with van der Waals surface area (Å²) in [6.07, 6.45) is 10.0. The van der Waals surface area contributed by atoms with Gasteiger partial charge in [-0.2, -0.15) is 0 Å². The van der Waals surface area contributed by atoms with Gasteiger partial charge in [-0.05, 0) is 6.42 Å². The molecule has 98 valence electrons. The van der Waals surface area contributed by atoms with Crippen molar-refractivity contribution < 1.29 is 0 Å². The van der Waals surface area contributed by atoms with Crippen LogP contribution in [-0.4, -0.2) is 0 Å². The molecule has 2 heteroatoms. The normalized spacial score (nSPS) is 12.0. The van der Waals surface area contributed by atoms with Crippen molar-refractivity contribution in [3.8, 4) is 0 Å². The van der Waals surface area contributed by atoms with E-state index in [9.17, 15) is 0 Å². The second kappa shape index (κ2) is 9.65. The number of rotatable bonds is 9. The lowest BCUT2D eigenvalue weighted by Crippen LogP contribution is -1.93. The van der Waals surface area contributed by atoms with E-state index in [0.29, 0.717) is 0 Å². The van der Waals surface area contributed by atoms with Gasteiger partial charge in [0, 0.05) is 12.0 Å². The van der Waals surface area contributed by atoms with Gasteiger partial charge in [0.1, 0.15) is 4.98 Å². The van der Waals surface area contributed by atoms with Crippen molar-refractivity contribution >= 4 is 0 Å². The van der Waals surface area contributed by atoms with Crippen LogP contribution in [0.25, 0.3) is 4.98 Å². The molecule has 18 heavy (non-hydrogen) atoms. The van der Waals surface area contributed by atoms with Gasteiger partial charge < -0.3 is 0 Å². The molecule has 2 nitrogen and oxygen atoms in total. The Hall–Kier alpha value is -1.36. The number of hydrogen-bond donors (Lipinski definition) is 0. The Kier molecular flexibility index (Phi) is 7.88. The summed E-state index contributed by atoms with van der Waals surface area (Å²) in [7, 11) is 0. The Morgan fingerprint density at radius 3 is 2.17 bits per heavy atom. The molecule has 0 saturated heterocycles. The van der Waals surface area contributed by atoms with Crippen molar-refractivity contribution in [3.05, 3.63) is 40.9 Å². The Bertz CT molecular complexity index is 340. The molecular weight excluding hydrogens is 220 g/mol. The van der Waals surface area contributed by atoms with Crippen LogP contribution in [-0.2, 0) is 0 Å². The minimum atomic E-state index is -0.0400. The molecule has 0 spiro atoms. The molecule has 0 aliphatic heterocycles. The molecule has 0 aromatic heterocycles. The SMILES string of the molecule is CCCCCCCCCC([N+]#N)c1ccccc1. The largest absolute Gasteiger partial charge is 0.339 e. The minimum absolute atomic E-state index is 0.0400. The molecule has 0 aliphatic carbocycles. The van der Waals surface area contributed by atoms with E-state index in [1.807, 2.05) is 30.3 Å². The highest BCUT2D eigenvalue weighted by atomic mass is 14.9. The Morgan fingerprint density at radius 2 is 1.56 bits per heavy atom. The Balaban J connectivity index is 2.16. The minimum Gasteiger partial charge on any atom is -0.0654 e. The van der Waals surface area contributed by atoms with Crippen LogP contribution in [0.1, 0.15) is 69.9 Å². The zero-order valence-electron chi connectivity index (χ0n) is 11.5. The fourth-order valence-corrected chi connectivity index (χ4v) is 2.26. The first-order valence-electron chi connectivity index (χ1n) is 7.27. The average Bonchev–Trinajstić information content (AvgIpc) is 2.43. The number of nitrogens with zero attached hydrogens (tertiary/aromatic N) is 2. The van der Waals surface area contributed by atoms with E-state index in [4.69, 9.17) is 5.39 Å². The van der Waals surface area contributed by atoms with Gasteiger partial charge in [-0.1, -0.05) is 75.8 Å². The van der Waals surface area contributed by atoms with Gasteiger partial charge in [-0.3, -0.25) is 0 Å². The fraction of sp³-hybridized carbons (Fsp3) is 0.625. The second-order valence-electron chi connectivity index (χ2n) is 4.95. The summed E-state index contributed by atoms with van der Waals surface area (Å²) in [5, 5.41) is 9.08. The van der Waals surface area contributed by atoms with Gasteiger partial charge in [0.2, 0.25) is 5.39 Å². The summed E-state index contributed by atoms with van der Waals surface area (Å²) < 4.78 is 0. The molecule has 0 fully saturated rings. The molecule has 0 saturated carbocycles. The van der Waals surface area contributed by atoms with Gasteiger partial charge in [-0.15, -0.1) is 0 Å². The van der Waals surface area contributed by atoms with E-state index in [1.54, 1.807) is 0 Å². The van der Waals surface area contributed by atoms with Crippen LogP contribution < -0.4 is 0 Å². The van der Waals surface area contributed by atoms with Gasteiger partial charge in [0.15, 0.2) is 0 Å². The van der Waals surface area contributed by atoms with E-state index in [0.717, 1.165) is 18.4 Å². The number of diazo groups is 1. The lowest BCUT2D eigenvalue weighted by molar-refractivity contribution is 0.560. The topological polar surface area (TPSA) is 28.1 Å². The third-order valence-corrected chi connectivity index (χ3v) is 3.40.